The number of hydrogen-bond donors (Lipinski definition) is 3. The fourth-order valence-electron chi connectivity index (χ4n) is 3.41. The van der Waals surface area contributed by atoms with Crippen molar-refractivity contribution in [2.24, 2.45) is 0 Å². The molecule has 0 aliphatic heterocycles. The van der Waals surface area contributed by atoms with Crippen LogP contribution in [0.5, 0.6) is 5.75 Å². The molecule has 0 bridgehead atoms. The van der Waals surface area contributed by atoms with E-state index in [1.165, 1.54) is 6.42 Å². The van der Waals surface area contributed by atoms with Gasteiger partial charge >= 0.3 is 0 Å². The quantitative estimate of drug-likeness (QED) is 0.623. The number of carbonyl (C=O) groups is 2. The largest absolute Gasteiger partial charge is 0.497 e. The lowest BCUT2D eigenvalue weighted by Gasteiger charge is -2.23. The number of halogens is 1. The maximum atomic E-state index is 12.6. The number of amides is 2. The zero-order valence-corrected chi connectivity index (χ0v) is 17.2. The Morgan fingerprint density at radius 2 is 1.86 bits per heavy atom. The second-order valence-corrected chi connectivity index (χ2v) is 7.54. The maximum absolute atomic E-state index is 12.6. The zero-order valence-electron chi connectivity index (χ0n) is 16.5. The highest BCUT2D eigenvalue weighted by atomic mass is 35.5. The van der Waals surface area contributed by atoms with Crippen LogP contribution in [0, 0.1) is 0 Å². The van der Waals surface area contributed by atoms with Crippen LogP contribution in [-0.4, -0.2) is 31.5 Å². The molecule has 1 aliphatic rings. The van der Waals surface area contributed by atoms with Gasteiger partial charge in [0.15, 0.2) is 0 Å². The molecule has 3 N–H and O–H groups in total. The van der Waals surface area contributed by atoms with Gasteiger partial charge in [-0.15, -0.1) is 0 Å². The van der Waals surface area contributed by atoms with Crippen LogP contribution in [-0.2, 0) is 4.79 Å². The van der Waals surface area contributed by atoms with E-state index in [9.17, 15) is 9.59 Å². The Morgan fingerprint density at radius 3 is 2.62 bits per heavy atom. The van der Waals surface area contributed by atoms with Crippen molar-refractivity contribution < 1.29 is 14.3 Å². The van der Waals surface area contributed by atoms with Crippen molar-refractivity contribution in [2.75, 3.05) is 24.3 Å². The minimum absolute atomic E-state index is 0.0827. The van der Waals surface area contributed by atoms with E-state index in [1.54, 1.807) is 25.3 Å². The van der Waals surface area contributed by atoms with Gasteiger partial charge in [0.25, 0.3) is 5.91 Å². The molecule has 6 nitrogen and oxygen atoms in total. The molecule has 0 radical (unpaired) electrons. The summed E-state index contributed by atoms with van der Waals surface area (Å²) in [5.41, 5.74) is 1.68. The lowest BCUT2D eigenvalue weighted by Crippen LogP contribution is -2.36. The molecule has 3 rings (SSSR count). The first-order valence-electron chi connectivity index (χ1n) is 9.83. The molecule has 1 aliphatic carbocycles. The van der Waals surface area contributed by atoms with Crippen LogP contribution < -0.4 is 20.7 Å². The summed E-state index contributed by atoms with van der Waals surface area (Å²) in [6.45, 7) is 0.0827. The van der Waals surface area contributed by atoms with Gasteiger partial charge in [-0.05, 0) is 43.2 Å². The molecule has 0 spiro atoms. The van der Waals surface area contributed by atoms with Crippen molar-refractivity contribution in [3.05, 3.63) is 53.1 Å². The van der Waals surface area contributed by atoms with Crippen LogP contribution >= 0.6 is 11.6 Å². The molecule has 1 fully saturated rings. The minimum Gasteiger partial charge on any atom is -0.497 e. The van der Waals surface area contributed by atoms with Crippen LogP contribution in [0.3, 0.4) is 0 Å². The molecule has 154 valence electrons. The Bertz CT molecular complexity index is 866. The number of anilines is 2. The highest BCUT2D eigenvalue weighted by Crippen LogP contribution is 2.23. The molecule has 0 heterocycles. The third kappa shape index (κ3) is 6.12. The molecule has 2 aromatic rings. The van der Waals surface area contributed by atoms with E-state index < -0.39 is 0 Å². The Labute approximate surface area is 176 Å². The summed E-state index contributed by atoms with van der Waals surface area (Å²) in [5, 5.41) is 9.26. The number of methoxy groups -OCH3 is 1. The van der Waals surface area contributed by atoms with Gasteiger partial charge in [0, 0.05) is 23.5 Å². The van der Waals surface area contributed by atoms with Crippen LogP contribution in [0.15, 0.2) is 42.5 Å². The minimum atomic E-state index is -0.228. The van der Waals surface area contributed by atoms with Gasteiger partial charge in [-0.2, -0.15) is 0 Å². The number of hydrogen-bond acceptors (Lipinski definition) is 4. The Balaban J connectivity index is 1.58. The first-order chi connectivity index (χ1) is 14.0. The fraction of sp³-hybridized carbons (Fsp3) is 0.364. The van der Waals surface area contributed by atoms with Gasteiger partial charge < -0.3 is 20.7 Å². The maximum Gasteiger partial charge on any atom is 0.253 e. The summed E-state index contributed by atoms with van der Waals surface area (Å²) in [5.74, 6) is 0.281. The third-order valence-electron chi connectivity index (χ3n) is 4.96. The molecule has 2 amide bonds. The molecular formula is C22H26ClN3O3. The summed E-state index contributed by atoms with van der Waals surface area (Å²) in [7, 11) is 1.59. The van der Waals surface area contributed by atoms with Gasteiger partial charge in [0.2, 0.25) is 5.91 Å². The first kappa shape index (κ1) is 21.0. The van der Waals surface area contributed by atoms with Gasteiger partial charge in [-0.1, -0.05) is 36.9 Å². The lowest BCUT2D eigenvalue weighted by atomic mass is 9.95. The molecule has 29 heavy (non-hydrogen) atoms. The zero-order chi connectivity index (χ0) is 20.6. The lowest BCUT2D eigenvalue weighted by molar-refractivity contribution is -0.114. The molecule has 0 unspecified atom stereocenters. The van der Waals surface area contributed by atoms with Crippen LogP contribution in [0.1, 0.15) is 42.5 Å². The van der Waals surface area contributed by atoms with Gasteiger partial charge in [-0.3, -0.25) is 9.59 Å². The third-order valence-corrected chi connectivity index (χ3v) is 5.29. The van der Waals surface area contributed by atoms with Crippen molar-refractivity contribution in [1.82, 2.24) is 5.32 Å². The normalized spacial score (nSPS) is 14.1. The van der Waals surface area contributed by atoms with Gasteiger partial charge in [-0.25, -0.2) is 0 Å². The highest BCUT2D eigenvalue weighted by molar-refractivity contribution is 6.34. The van der Waals surface area contributed by atoms with E-state index in [-0.39, 0.29) is 24.4 Å². The SMILES string of the molecule is COc1cccc(NCC(=O)Nc2ccc(Cl)c(C(=O)NC3CCCCC3)c2)c1. The average molecular weight is 416 g/mol. The fourth-order valence-corrected chi connectivity index (χ4v) is 3.61. The Kier molecular flexibility index (Phi) is 7.36. The summed E-state index contributed by atoms with van der Waals surface area (Å²) in [6, 6.07) is 12.5. The van der Waals surface area contributed by atoms with Crippen molar-refractivity contribution in [2.45, 2.75) is 38.1 Å². The van der Waals surface area contributed by atoms with Gasteiger partial charge in [0.1, 0.15) is 5.75 Å². The Hall–Kier alpha value is -2.73. The average Bonchev–Trinajstić information content (AvgIpc) is 2.74. The van der Waals surface area contributed by atoms with E-state index in [0.717, 1.165) is 31.4 Å². The highest BCUT2D eigenvalue weighted by Gasteiger charge is 2.19. The predicted molar refractivity (Wildman–Crippen MR) is 116 cm³/mol. The van der Waals surface area contributed by atoms with E-state index in [1.807, 2.05) is 24.3 Å². The molecule has 7 heteroatoms. The molecule has 0 atom stereocenters. The van der Waals surface area contributed by atoms with Crippen molar-refractivity contribution >= 4 is 34.8 Å². The molecule has 0 aromatic heterocycles. The topological polar surface area (TPSA) is 79.5 Å². The number of ether oxygens (including phenoxy) is 1. The number of carbonyl (C=O) groups excluding carboxylic acids is 2. The molecule has 2 aromatic carbocycles. The second-order valence-electron chi connectivity index (χ2n) is 7.14. The van der Waals surface area contributed by atoms with Crippen LogP contribution in [0.4, 0.5) is 11.4 Å². The Morgan fingerprint density at radius 1 is 1.07 bits per heavy atom. The van der Waals surface area contributed by atoms with Crippen molar-refractivity contribution in [3.8, 4) is 5.75 Å². The predicted octanol–water partition coefficient (Wildman–Crippen LogP) is 4.46. The summed E-state index contributed by atoms with van der Waals surface area (Å²) in [4.78, 5) is 24.9. The standard InChI is InChI=1S/C22H26ClN3O3/c1-29-18-9-5-8-16(12-18)24-14-21(27)25-17-10-11-20(23)19(13-17)22(28)26-15-6-3-2-4-7-15/h5,8-13,15,24H,2-4,6-7,14H2,1H3,(H,25,27)(H,26,28). The number of rotatable bonds is 7. The van der Waals surface area contributed by atoms with Crippen LogP contribution in [0.2, 0.25) is 5.02 Å². The van der Waals surface area contributed by atoms with E-state index in [0.29, 0.717) is 22.0 Å². The molecule has 1 saturated carbocycles. The van der Waals surface area contributed by atoms with E-state index in [4.69, 9.17) is 16.3 Å². The van der Waals surface area contributed by atoms with Crippen molar-refractivity contribution in [3.63, 3.8) is 0 Å². The second kappa shape index (κ2) is 10.2. The molecule has 0 saturated heterocycles. The van der Waals surface area contributed by atoms with E-state index >= 15 is 0 Å². The number of nitrogens with one attached hydrogen (secondary N) is 3. The summed E-state index contributed by atoms with van der Waals surface area (Å²) in [6.07, 6.45) is 5.48. The van der Waals surface area contributed by atoms with E-state index in [2.05, 4.69) is 16.0 Å². The number of benzene rings is 2. The summed E-state index contributed by atoms with van der Waals surface area (Å²) < 4.78 is 5.17. The summed E-state index contributed by atoms with van der Waals surface area (Å²) >= 11 is 6.22. The smallest absolute Gasteiger partial charge is 0.253 e. The van der Waals surface area contributed by atoms with Crippen molar-refractivity contribution in [1.29, 1.82) is 0 Å². The van der Waals surface area contributed by atoms with Crippen LogP contribution in [0.25, 0.3) is 0 Å². The first-order valence-corrected chi connectivity index (χ1v) is 10.2. The monoisotopic (exact) mass is 415 g/mol. The van der Waals surface area contributed by atoms with Gasteiger partial charge in [0.05, 0.1) is 24.2 Å². The molecular weight excluding hydrogens is 390 g/mol.